The molecule has 0 aromatic carbocycles. The summed E-state index contributed by atoms with van der Waals surface area (Å²) in [5, 5.41) is 3.83. The van der Waals surface area contributed by atoms with E-state index in [0.29, 0.717) is 17.8 Å². The molecule has 2 aliphatic rings. The summed E-state index contributed by atoms with van der Waals surface area (Å²) < 4.78 is 0. The second-order valence-electron chi connectivity index (χ2n) is 7.87. The Morgan fingerprint density at radius 2 is 1.93 bits per heavy atom. The van der Waals surface area contributed by atoms with E-state index >= 15 is 0 Å². The molecular formula is C22H29N5. The average Bonchev–Trinajstić information content (AvgIpc) is 3.08. The Balaban J connectivity index is 1.73. The topological polar surface area (TPSA) is 89.8 Å². The molecule has 2 heterocycles. The Kier molecular flexibility index (Phi) is 5.12. The number of nitrogens with two attached hydrogens (primary N) is 2. The number of allylic oxidation sites excluding steroid dienone is 1. The highest BCUT2D eigenvalue weighted by Crippen LogP contribution is 2.39. The third-order valence-electron chi connectivity index (χ3n) is 5.70. The van der Waals surface area contributed by atoms with Gasteiger partial charge < -0.3 is 16.8 Å². The first-order chi connectivity index (χ1) is 13.1. The fourth-order valence-corrected chi connectivity index (χ4v) is 4.20. The zero-order chi connectivity index (χ0) is 18.8. The van der Waals surface area contributed by atoms with Gasteiger partial charge in [0.25, 0.3) is 0 Å². The quantitative estimate of drug-likeness (QED) is 0.742. The van der Waals surface area contributed by atoms with Crippen LogP contribution < -0.4 is 16.8 Å². The fraction of sp³-hybridized carbons (Fsp3) is 0.455. The Hall–Kier alpha value is -2.40. The van der Waals surface area contributed by atoms with Crippen LogP contribution in [0, 0.1) is 0 Å². The normalized spacial score (nSPS) is 21.6. The minimum absolute atomic E-state index is 0.348. The first-order valence-electron chi connectivity index (χ1n) is 10.1. The van der Waals surface area contributed by atoms with E-state index < -0.39 is 0 Å². The van der Waals surface area contributed by atoms with Crippen LogP contribution >= 0.6 is 0 Å². The van der Waals surface area contributed by atoms with Crippen LogP contribution in [-0.2, 0) is 6.42 Å². The molecule has 0 unspecified atom stereocenters. The lowest BCUT2D eigenvalue weighted by atomic mass is 9.91. The third kappa shape index (κ3) is 3.83. The van der Waals surface area contributed by atoms with Crippen LogP contribution in [0.1, 0.15) is 56.7 Å². The molecule has 0 spiro atoms. The van der Waals surface area contributed by atoms with Gasteiger partial charge in [-0.05, 0) is 44.2 Å². The molecule has 1 saturated carbocycles. The number of fused-ring (bicyclic) bond motifs is 1. The molecule has 5 heteroatoms. The van der Waals surface area contributed by atoms with Gasteiger partial charge in [-0.2, -0.15) is 0 Å². The van der Waals surface area contributed by atoms with E-state index in [1.807, 2.05) is 18.3 Å². The second-order valence-corrected chi connectivity index (χ2v) is 7.87. The zero-order valence-corrected chi connectivity index (χ0v) is 16.0. The summed E-state index contributed by atoms with van der Waals surface area (Å²) in [5.41, 5.74) is 19.6. The Labute approximate surface area is 161 Å². The van der Waals surface area contributed by atoms with Gasteiger partial charge in [0.1, 0.15) is 0 Å². The SMILES string of the molecule is CCCC1=Cc2c(ncc(-c3ccc(N)cn3)c2NC2CCC(N)CC2)C1. The lowest BCUT2D eigenvalue weighted by Crippen LogP contribution is -2.33. The summed E-state index contributed by atoms with van der Waals surface area (Å²) in [7, 11) is 0. The lowest BCUT2D eigenvalue weighted by molar-refractivity contribution is 0.411. The van der Waals surface area contributed by atoms with E-state index in [1.165, 1.54) is 22.5 Å². The zero-order valence-electron chi connectivity index (χ0n) is 16.0. The highest BCUT2D eigenvalue weighted by Gasteiger charge is 2.24. The molecule has 0 atom stereocenters. The summed E-state index contributed by atoms with van der Waals surface area (Å²) in [6.45, 7) is 2.23. The maximum atomic E-state index is 6.10. The van der Waals surface area contributed by atoms with Crippen LogP contribution in [0.15, 0.2) is 30.1 Å². The molecule has 0 radical (unpaired) electrons. The van der Waals surface area contributed by atoms with Gasteiger partial charge in [0.05, 0.1) is 29.0 Å². The monoisotopic (exact) mass is 363 g/mol. The first kappa shape index (κ1) is 18.0. The summed E-state index contributed by atoms with van der Waals surface area (Å²) in [5.74, 6) is 0. The van der Waals surface area contributed by atoms with Crippen LogP contribution in [0.2, 0.25) is 0 Å². The molecule has 1 fully saturated rings. The van der Waals surface area contributed by atoms with Crippen molar-refractivity contribution >= 4 is 17.5 Å². The molecule has 0 saturated heterocycles. The van der Waals surface area contributed by atoms with Crippen molar-refractivity contribution in [3.05, 3.63) is 41.4 Å². The van der Waals surface area contributed by atoms with Crippen molar-refractivity contribution in [3.63, 3.8) is 0 Å². The maximum absolute atomic E-state index is 6.10. The molecule has 5 N–H and O–H groups in total. The standard InChI is InChI=1S/C22H29N5/c1-2-3-14-10-18-21(11-14)26-13-19(20-9-6-16(24)12-25-20)22(18)27-17-7-4-15(23)5-8-17/h6,9-10,12-13,15,17H,2-5,7-8,11,23-24H2,1H3,(H,26,27). The molecule has 2 aromatic heterocycles. The third-order valence-corrected chi connectivity index (χ3v) is 5.70. The van der Waals surface area contributed by atoms with E-state index in [4.69, 9.17) is 16.5 Å². The Morgan fingerprint density at radius 3 is 2.63 bits per heavy atom. The number of nitrogens with zero attached hydrogens (tertiary/aromatic N) is 2. The number of aromatic nitrogens is 2. The number of nitrogen functional groups attached to an aromatic ring is 1. The van der Waals surface area contributed by atoms with Crippen molar-refractivity contribution in [2.75, 3.05) is 11.1 Å². The number of hydrogen-bond donors (Lipinski definition) is 3. The second kappa shape index (κ2) is 7.69. The number of anilines is 2. The van der Waals surface area contributed by atoms with E-state index in [9.17, 15) is 0 Å². The molecule has 0 amide bonds. The minimum atomic E-state index is 0.348. The molecule has 27 heavy (non-hydrogen) atoms. The van der Waals surface area contributed by atoms with Gasteiger partial charge in [-0.25, -0.2) is 0 Å². The van der Waals surface area contributed by atoms with Gasteiger partial charge in [-0.15, -0.1) is 0 Å². The summed E-state index contributed by atoms with van der Waals surface area (Å²) in [4.78, 5) is 9.32. The molecule has 0 bridgehead atoms. The van der Waals surface area contributed by atoms with Gasteiger partial charge in [-0.3, -0.25) is 9.97 Å². The van der Waals surface area contributed by atoms with E-state index in [-0.39, 0.29) is 0 Å². The van der Waals surface area contributed by atoms with Gasteiger partial charge in [0, 0.05) is 35.8 Å². The highest BCUT2D eigenvalue weighted by atomic mass is 14.9. The van der Waals surface area contributed by atoms with Crippen molar-refractivity contribution in [2.24, 2.45) is 5.73 Å². The average molecular weight is 364 g/mol. The van der Waals surface area contributed by atoms with E-state index in [1.54, 1.807) is 6.20 Å². The van der Waals surface area contributed by atoms with Crippen LogP contribution in [0.4, 0.5) is 11.4 Å². The first-order valence-corrected chi connectivity index (χ1v) is 10.1. The molecule has 2 aliphatic carbocycles. The van der Waals surface area contributed by atoms with E-state index in [0.717, 1.165) is 56.2 Å². The lowest BCUT2D eigenvalue weighted by Gasteiger charge is -2.29. The van der Waals surface area contributed by atoms with Crippen LogP contribution in [0.3, 0.4) is 0 Å². The van der Waals surface area contributed by atoms with Crippen LogP contribution in [0.5, 0.6) is 0 Å². The summed E-state index contributed by atoms with van der Waals surface area (Å²) in [6.07, 6.45) is 13.7. The number of rotatable bonds is 5. The van der Waals surface area contributed by atoms with Crippen molar-refractivity contribution < 1.29 is 0 Å². The molecule has 2 aromatic rings. The molecule has 5 nitrogen and oxygen atoms in total. The number of hydrogen-bond acceptors (Lipinski definition) is 5. The van der Waals surface area contributed by atoms with Gasteiger partial charge >= 0.3 is 0 Å². The molecular weight excluding hydrogens is 334 g/mol. The predicted octanol–water partition coefficient (Wildman–Crippen LogP) is 4.15. The van der Waals surface area contributed by atoms with Gasteiger partial charge in [0.15, 0.2) is 0 Å². The molecule has 0 aliphatic heterocycles. The molecule has 4 rings (SSSR count). The maximum Gasteiger partial charge on any atom is 0.0740 e. The fourth-order valence-electron chi connectivity index (χ4n) is 4.20. The Morgan fingerprint density at radius 1 is 1.11 bits per heavy atom. The summed E-state index contributed by atoms with van der Waals surface area (Å²) in [6, 6.07) is 4.68. The van der Waals surface area contributed by atoms with Gasteiger partial charge in [-0.1, -0.05) is 25.0 Å². The largest absolute Gasteiger partial charge is 0.397 e. The van der Waals surface area contributed by atoms with Crippen molar-refractivity contribution in [1.82, 2.24) is 9.97 Å². The van der Waals surface area contributed by atoms with Crippen molar-refractivity contribution in [1.29, 1.82) is 0 Å². The van der Waals surface area contributed by atoms with E-state index in [2.05, 4.69) is 23.3 Å². The minimum Gasteiger partial charge on any atom is -0.397 e. The highest BCUT2D eigenvalue weighted by molar-refractivity contribution is 5.86. The number of nitrogens with one attached hydrogen (secondary N) is 1. The Bertz CT molecular complexity index is 833. The molecule has 142 valence electrons. The van der Waals surface area contributed by atoms with Crippen LogP contribution in [-0.4, -0.2) is 22.1 Å². The van der Waals surface area contributed by atoms with Crippen LogP contribution in [0.25, 0.3) is 17.3 Å². The van der Waals surface area contributed by atoms with Gasteiger partial charge in [0.2, 0.25) is 0 Å². The summed E-state index contributed by atoms with van der Waals surface area (Å²) >= 11 is 0. The van der Waals surface area contributed by atoms with Crippen molar-refractivity contribution in [2.45, 2.75) is 64.0 Å². The predicted molar refractivity (Wildman–Crippen MR) is 112 cm³/mol. The number of pyridine rings is 2. The van der Waals surface area contributed by atoms with Crippen molar-refractivity contribution in [3.8, 4) is 11.3 Å². The smallest absolute Gasteiger partial charge is 0.0740 e.